The number of allylic oxidation sites excluding steroid dienone is 1. The molecule has 2 aromatic heterocycles. The van der Waals surface area contributed by atoms with Gasteiger partial charge in [0.1, 0.15) is 5.52 Å². The smallest absolute Gasteiger partial charge is 0.151 e. The molecule has 3 heterocycles. The molecule has 0 saturated heterocycles. The molecule has 0 saturated carbocycles. The van der Waals surface area contributed by atoms with Crippen molar-refractivity contribution in [2.24, 2.45) is 10.7 Å². The molecule has 1 aliphatic heterocycles. The Balaban J connectivity index is 1.92. The number of hydrogen-bond acceptors (Lipinski definition) is 6. The van der Waals surface area contributed by atoms with Crippen molar-refractivity contribution in [1.82, 2.24) is 9.97 Å². The second kappa shape index (κ2) is 5.15. The maximum Gasteiger partial charge on any atom is 0.151 e. The molecule has 0 atom stereocenters. The van der Waals surface area contributed by atoms with Crippen molar-refractivity contribution in [1.29, 1.82) is 0 Å². The van der Waals surface area contributed by atoms with Crippen LogP contribution < -0.4 is 11.5 Å². The van der Waals surface area contributed by atoms with E-state index in [0.717, 1.165) is 44.7 Å². The predicted molar refractivity (Wildman–Crippen MR) is 93.4 cm³/mol. The normalized spacial score (nSPS) is 14.1. The third-order valence-corrected chi connectivity index (χ3v) is 4.92. The van der Waals surface area contributed by atoms with Crippen molar-refractivity contribution in [2.75, 3.05) is 18.8 Å². The molecule has 0 radical (unpaired) electrons. The fraction of sp³-hybridized carbons (Fsp3) is 0.188. The number of thiazole rings is 1. The predicted octanol–water partition coefficient (Wildman–Crippen LogP) is 2.40. The fourth-order valence-electron chi connectivity index (χ4n) is 2.68. The Kier molecular flexibility index (Phi) is 3.13. The molecule has 5 nitrogen and oxygen atoms in total. The molecule has 0 bridgehead atoms. The van der Waals surface area contributed by atoms with Gasteiger partial charge in [-0.3, -0.25) is 4.99 Å². The summed E-state index contributed by atoms with van der Waals surface area (Å²) in [5.41, 5.74) is 15.8. The van der Waals surface area contributed by atoms with Gasteiger partial charge in [0.25, 0.3) is 0 Å². The van der Waals surface area contributed by atoms with Crippen LogP contribution in [0.2, 0.25) is 0 Å². The Bertz CT molecular complexity index is 939. The molecule has 0 amide bonds. The van der Waals surface area contributed by atoms with E-state index in [1.807, 2.05) is 12.3 Å². The van der Waals surface area contributed by atoms with Crippen LogP contribution >= 0.6 is 11.3 Å². The summed E-state index contributed by atoms with van der Waals surface area (Å²) in [6.45, 7) is 1.31. The van der Waals surface area contributed by atoms with Crippen molar-refractivity contribution in [3.63, 3.8) is 0 Å². The zero-order chi connectivity index (χ0) is 15.1. The van der Waals surface area contributed by atoms with E-state index in [-0.39, 0.29) is 0 Å². The highest BCUT2D eigenvalue weighted by molar-refractivity contribution is 7.19. The lowest BCUT2D eigenvalue weighted by Crippen LogP contribution is -2.02. The number of fused-ring (bicyclic) bond motifs is 3. The van der Waals surface area contributed by atoms with Crippen LogP contribution in [0.15, 0.2) is 29.3 Å². The Labute approximate surface area is 131 Å². The van der Waals surface area contributed by atoms with Crippen molar-refractivity contribution < 1.29 is 0 Å². The van der Waals surface area contributed by atoms with Gasteiger partial charge in [0.15, 0.2) is 5.82 Å². The van der Waals surface area contributed by atoms with E-state index in [1.54, 1.807) is 11.3 Å². The maximum absolute atomic E-state index is 6.10. The molecule has 3 aromatic rings. The molecule has 1 aromatic carbocycles. The summed E-state index contributed by atoms with van der Waals surface area (Å²) >= 11 is 1.65. The van der Waals surface area contributed by atoms with E-state index in [1.165, 1.54) is 5.57 Å². The number of benzene rings is 1. The lowest BCUT2D eigenvalue weighted by Gasteiger charge is -2.05. The van der Waals surface area contributed by atoms with Gasteiger partial charge >= 0.3 is 0 Å². The van der Waals surface area contributed by atoms with Gasteiger partial charge < -0.3 is 11.5 Å². The Morgan fingerprint density at radius 3 is 2.91 bits per heavy atom. The molecule has 0 aliphatic carbocycles. The lowest BCUT2D eigenvalue weighted by molar-refractivity contribution is 0.958. The van der Waals surface area contributed by atoms with Crippen LogP contribution in [0, 0.1) is 0 Å². The summed E-state index contributed by atoms with van der Waals surface area (Å²) in [5, 5.41) is 2.10. The lowest BCUT2D eigenvalue weighted by atomic mass is 10.0. The van der Waals surface area contributed by atoms with Crippen LogP contribution in [0.4, 0.5) is 5.82 Å². The Morgan fingerprint density at radius 1 is 1.23 bits per heavy atom. The SMILES string of the molecule is NCCc1nc2c(N)nc3cc(C4=CC=NC4)ccc3c2s1. The first-order valence-electron chi connectivity index (χ1n) is 7.14. The van der Waals surface area contributed by atoms with Gasteiger partial charge in [-0.25, -0.2) is 9.97 Å². The number of anilines is 1. The summed E-state index contributed by atoms with van der Waals surface area (Å²) in [7, 11) is 0. The van der Waals surface area contributed by atoms with Gasteiger partial charge in [-0.05, 0) is 29.8 Å². The molecule has 0 spiro atoms. The molecule has 1 aliphatic rings. The van der Waals surface area contributed by atoms with Gasteiger partial charge in [0.2, 0.25) is 0 Å². The van der Waals surface area contributed by atoms with Crippen LogP contribution in [0.1, 0.15) is 10.6 Å². The number of nitrogen functional groups attached to an aromatic ring is 1. The van der Waals surface area contributed by atoms with Gasteiger partial charge in [-0.2, -0.15) is 0 Å². The summed E-state index contributed by atoms with van der Waals surface area (Å²) < 4.78 is 1.09. The molecule has 4 N–H and O–H groups in total. The summed E-state index contributed by atoms with van der Waals surface area (Å²) in [6.07, 6.45) is 4.64. The first kappa shape index (κ1) is 13.4. The van der Waals surface area contributed by atoms with Crippen LogP contribution in [0.3, 0.4) is 0 Å². The first-order valence-corrected chi connectivity index (χ1v) is 7.96. The minimum Gasteiger partial charge on any atom is -0.382 e. The quantitative estimate of drug-likeness (QED) is 0.777. The summed E-state index contributed by atoms with van der Waals surface area (Å²) in [5.74, 6) is 0.482. The molecule has 0 fully saturated rings. The highest BCUT2D eigenvalue weighted by Gasteiger charge is 2.13. The Morgan fingerprint density at radius 2 is 2.14 bits per heavy atom. The Hall–Kier alpha value is -2.31. The van der Waals surface area contributed by atoms with Crippen LogP contribution in [0.25, 0.3) is 26.7 Å². The van der Waals surface area contributed by atoms with Gasteiger partial charge in [-0.15, -0.1) is 11.3 Å². The minimum atomic E-state index is 0.482. The molecular formula is C16H15N5S. The van der Waals surface area contributed by atoms with Gasteiger partial charge in [0.05, 0.1) is 21.8 Å². The number of aromatic nitrogens is 2. The summed E-state index contributed by atoms with van der Waals surface area (Å²) in [6, 6.07) is 6.29. The number of pyridine rings is 1. The zero-order valence-corrected chi connectivity index (χ0v) is 12.7. The van der Waals surface area contributed by atoms with Crippen molar-refractivity contribution in [3.05, 3.63) is 34.8 Å². The van der Waals surface area contributed by atoms with E-state index < -0.39 is 0 Å². The molecule has 0 unspecified atom stereocenters. The van der Waals surface area contributed by atoms with Crippen LogP contribution in [0.5, 0.6) is 0 Å². The molecule has 110 valence electrons. The number of aliphatic imine (C=N–C) groups is 1. The topological polar surface area (TPSA) is 90.2 Å². The maximum atomic E-state index is 6.10. The van der Waals surface area contributed by atoms with Gasteiger partial charge in [-0.1, -0.05) is 12.1 Å². The van der Waals surface area contributed by atoms with Crippen molar-refractivity contribution in [2.45, 2.75) is 6.42 Å². The molecule has 4 rings (SSSR count). The fourth-order valence-corrected chi connectivity index (χ4v) is 3.81. The average Bonchev–Trinajstić information content (AvgIpc) is 3.17. The average molecular weight is 309 g/mol. The van der Waals surface area contributed by atoms with Crippen LogP contribution in [-0.4, -0.2) is 29.3 Å². The van der Waals surface area contributed by atoms with E-state index in [2.05, 4.69) is 33.2 Å². The highest BCUT2D eigenvalue weighted by atomic mass is 32.1. The minimum absolute atomic E-state index is 0.482. The number of hydrogen-bond donors (Lipinski definition) is 2. The van der Waals surface area contributed by atoms with E-state index >= 15 is 0 Å². The molecular weight excluding hydrogens is 294 g/mol. The van der Waals surface area contributed by atoms with Crippen LogP contribution in [-0.2, 0) is 6.42 Å². The van der Waals surface area contributed by atoms with E-state index in [4.69, 9.17) is 11.5 Å². The monoisotopic (exact) mass is 309 g/mol. The highest BCUT2D eigenvalue weighted by Crippen LogP contribution is 2.34. The second-order valence-corrected chi connectivity index (χ2v) is 6.32. The number of rotatable bonds is 3. The molecule has 6 heteroatoms. The second-order valence-electron chi connectivity index (χ2n) is 5.23. The number of nitrogens with zero attached hydrogens (tertiary/aromatic N) is 3. The summed E-state index contributed by atoms with van der Waals surface area (Å²) in [4.78, 5) is 13.3. The van der Waals surface area contributed by atoms with E-state index in [9.17, 15) is 0 Å². The van der Waals surface area contributed by atoms with E-state index in [0.29, 0.717) is 12.4 Å². The standard InChI is InChI=1S/C16H15N5S/c17-5-3-13-21-14-15(22-13)11-2-1-9(10-4-6-19-8-10)7-12(11)20-16(14)18/h1-2,4,6-7H,3,5,8,17H2,(H2,18,20). The van der Waals surface area contributed by atoms with Gasteiger partial charge in [0, 0.05) is 18.0 Å². The zero-order valence-electron chi connectivity index (χ0n) is 11.9. The first-order chi connectivity index (χ1) is 10.8. The van der Waals surface area contributed by atoms with Crippen molar-refractivity contribution in [3.8, 4) is 0 Å². The number of nitrogens with two attached hydrogens (primary N) is 2. The third kappa shape index (κ3) is 2.08. The van der Waals surface area contributed by atoms with Crippen molar-refractivity contribution >= 4 is 50.1 Å². The largest absolute Gasteiger partial charge is 0.382 e. The molecule has 22 heavy (non-hydrogen) atoms. The third-order valence-electron chi connectivity index (χ3n) is 3.77.